The summed E-state index contributed by atoms with van der Waals surface area (Å²) in [7, 11) is -3.80. The molecule has 3 rings (SSSR count). The van der Waals surface area contributed by atoms with E-state index in [2.05, 4.69) is 14.7 Å². The summed E-state index contributed by atoms with van der Waals surface area (Å²) in [5, 5.41) is 0. The topological polar surface area (TPSA) is 76.9 Å². The maximum absolute atomic E-state index is 13.1. The van der Waals surface area contributed by atoms with Crippen LogP contribution in [-0.2, 0) is 10.0 Å². The van der Waals surface area contributed by atoms with Crippen LogP contribution in [0.2, 0.25) is 0 Å². The van der Waals surface area contributed by atoms with Gasteiger partial charge in [0.1, 0.15) is 18.0 Å². The van der Waals surface area contributed by atoms with E-state index in [1.54, 1.807) is 35.4 Å². The van der Waals surface area contributed by atoms with Gasteiger partial charge in [0.2, 0.25) is 0 Å². The first-order chi connectivity index (χ1) is 11.0. The van der Waals surface area contributed by atoms with E-state index in [0.29, 0.717) is 17.1 Å². The van der Waals surface area contributed by atoms with Crippen LogP contribution in [0.4, 0.5) is 10.1 Å². The molecule has 0 amide bonds. The van der Waals surface area contributed by atoms with Gasteiger partial charge in [-0.15, -0.1) is 0 Å². The molecule has 3 aromatic rings. The van der Waals surface area contributed by atoms with E-state index in [0.717, 1.165) is 6.07 Å². The highest BCUT2D eigenvalue weighted by Crippen LogP contribution is 2.20. The molecule has 0 atom stereocenters. The van der Waals surface area contributed by atoms with Crippen molar-refractivity contribution in [2.75, 3.05) is 4.72 Å². The Bertz CT molecular complexity index is 923. The number of halogens is 1. The maximum atomic E-state index is 13.1. The number of anilines is 1. The molecule has 23 heavy (non-hydrogen) atoms. The van der Waals surface area contributed by atoms with Crippen molar-refractivity contribution in [2.45, 2.75) is 11.8 Å². The summed E-state index contributed by atoms with van der Waals surface area (Å²) in [6, 6.07) is 6.78. The normalized spacial score (nSPS) is 11.4. The average molecular weight is 332 g/mol. The van der Waals surface area contributed by atoms with E-state index in [-0.39, 0.29) is 4.90 Å². The van der Waals surface area contributed by atoms with Gasteiger partial charge < -0.3 is 0 Å². The number of hydrogen-bond donors (Lipinski definition) is 1. The molecule has 0 aliphatic rings. The van der Waals surface area contributed by atoms with Gasteiger partial charge in [0.15, 0.2) is 0 Å². The molecule has 2 aromatic heterocycles. The predicted molar refractivity (Wildman–Crippen MR) is 83.3 cm³/mol. The lowest BCUT2D eigenvalue weighted by molar-refractivity contribution is 0.598. The van der Waals surface area contributed by atoms with Gasteiger partial charge in [0.25, 0.3) is 10.0 Å². The van der Waals surface area contributed by atoms with E-state index >= 15 is 0 Å². The Morgan fingerprint density at radius 1 is 1.22 bits per heavy atom. The van der Waals surface area contributed by atoms with Crippen LogP contribution in [0.25, 0.3) is 5.82 Å². The first kappa shape index (κ1) is 15.2. The second-order valence-electron chi connectivity index (χ2n) is 4.89. The van der Waals surface area contributed by atoms with Crippen LogP contribution >= 0.6 is 0 Å². The number of imidazole rings is 1. The first-order valence-corrected chi connectivity index (χ1v) is 8.17. The van der Waals surface area contributed by atoms with Gasteiger partial charge in [0, 0.05) is 12.4 Å². The molecule has 0 aliphatic carbocycles. The van der Waals surface area contributed by atoms with Crippen LogP contribution in [0.15, 0.2) is 60.1 Å². The zero-order valence-corrected chi connectivity index (χ0v) is 13.0. The smallest absolute Gasteiger partial charge is 0.262 e. The minimum Gasteiger partial charge on any atom is -0.291 e. The van der Waals surface area contributed by atoms with Crippen LogP contribution in [0.5, 0.6) is 0 Å². The highest BCUT2D eigenvalue weighted by Gasteiger charge is 2.17. The summed E-state index contributed by atoms with van der Waals surface area (Å²) in [6.45, 7) is 1.54. The van der Waals surface area contributed by atoms with E-state index in [4.69, 9.17) is 0 Å². The minimum absolute atomic E-state index is 0.0255. The molecule has 0 aliphatic heterocycles. The molecule has 0 bridgehead atoms. The van der Waals surface area contributed by atoms with Crippen molar-refractivity contribution in [3.63, 3.8) is 0 Å². The number of aryl methyl sites for hydroxylation is 1. The number of hydrogen-bond acceptors (Lipinski definition) is 4. The number of sulfonamides is 1. The molecular weight excluding hydrogens is 319 g/mol. The highest BCUT2D eigenvalue weighted by molar-refractivity contribution is 7.92. The molecular formula is C15H13FN4O2S. The number of pyridine rings is 1. The van der Waals surface area contributed by atoms with Gasteiger partial charge in [-0.1, -0.05) is 0 Å². The molecule has 8 heteroatoms. The Labute approximate surface area is 132 Å². The molecule has 0 spiro atoms. The third-order valence-electron chi connectivity index (χ3n) is 3.20. The van der Waals surface area contributed by atoms with E-state index < -0.39 is 15.8 Å². The fourth-order valence-electron chi connectivity index (χ4n) is 2.12. The quantitative estimate of drug-likeness (QED) is 0.796. The van der Waals surface area contributed by atoms with E-state index in [9.17, 15) is 12.8 Å². The fraction of sp³-hybridized carbons (Fsp3) is 0.0667. The largest absolute Gasteiger partial charge is 0.291 e. The summed E-state index contributed by atoms with van der Waals surface area (Å²) in [5.74, 6) is 0.135. The number of benzene rings is 1. The summed E-state index contributed by atoms with van der Waals surface area (Å²) in [6.07, 6.45) is 6.35. The van der Waals surface area contributed by atoms with Crippen molar-refractivity contribution < 1.29 is 12.8 Å². The summed E-state index contributed by atoms with van der Waals surface area (Å²) < 4.78 is 42.0. The van der Waals surface area contributed by atoms with Crippen molar-refractivity contribution in [3.8, 4) is 5.82 Å². The Balaban J connectivity index is 1.86. The Hall–Kier alpha value is -2.74. The zero-order chi connectivity index (χ0) is 16.4. The second-order valence-corrected chi connectivity index (χ2v) is 6.54. The molecule has 0 saturated heterocycles. The Morgan fingerprint density at radius 2 is 2.04 bits per heavy atom. The van der Waals surface area contributed by atoms with Crippen molar-refractivity contribution >= 4 is 15.7 Å². The third kappa shape index (κ3) is 3.21. The summed E-state index contributed by atoms with van der Waals surface area (Å²) >= 11 is 0. The molecule has 0 unspecified atom stereocenters. The number of nitrogens with one attached hydrogen (secondary N) is 1. The summed E-state index contributed by atoms with van der Waals surface area (Å²) in [5.41, 5.74) is 0.651. The van der Waals surface area contributed by atoms with Gasteiger partial charge in [-0.25, -0.2) is 22.8 Å². The Morgan fingerprint density at radius 3 is 2.65 bits per heavy atom. The van der Waals surface area contributed by atoms with Crippen LogP contribution in [0, 0.1) is 12.7 Å². The summed E-state index contributed by atoms with van der Waals surface area (Å²) in [4.78, 5) is 8.11. The molecule has 118 valence electrons. The van der Waals surface area contributed by atoms with Gasteiger partial charge in [-0.3, -0.25) is 9.29 Å². The number of nitrogens with zero attached hydrogens (tertiary/aromatic N) is 3. The van der Waals surface area contributed by atoms with E-state index in [1.165, 1.54) is 25.3 Å². The molecule has 0 saturated carbocycles. The lowest BCUT2D eigenvalue weighted by Gasteiger charge is -2.10. The predicted octanol–water partition coefficient (Wildman–Crippen LogP) is 2.52. The standard InChI is InChI=1S/C15H13FN4O2S/c1-11-8-12(16)2-4-14(11)23(21,22)19-13-3-5-15(18-9-13)20-7-6-17-10-20/h2-10,19H,1H3. The Kier molecular flexibility index (Phi) is 3.83. The molecule has 1 N–H and O–H groups in total. The van der Waals surface area contributed by atoms with Crippen LogP contribution in [0.1, 0.15) is 5.56 Å². The minimum atomic E-state index is -3.80. The van der Waals surface area contributed by atoms with E-state index in [1.807, 2.05) is 0 Å². The van der Waals surface area contributed by atoms with Gasteiger partial charge in [-0.05, 0) is 42.8 Å². The first-order valence-electron chi connectivity index (χ1n) is 6.69. The molecule has 1 aromatic carbocycles. The third-order valence-corrected chi connectivity index (χ3v) is 4.74. The average Bonchev–Trinajstić information content (AvgIpc) is 3.01. The van der Waals surface area contributed by atoms with Gasteiger partial charge >= 0.3 is 0 Å². The number of rotatable bonds is 4. The van der Waals surface area contributed by atoms with Gasteiger partial charge in [0.05, 0.1) is 16.8 Å². The monoisotopic (exact) mass is 332 g/mol. The molecule has 6 nitrogen and oxygen atoms in total. The van der Waals surface area contributed by atoms with Crippen molar-refractivity contribution in [2.24, 2.45) is 0 Å². The second kappa shape index (κ2) is 5.81. The van der Waals surface area contributed by atoms with Gasteiger partial charge in [-0.2, -0.15) is 0 Å². The highest BCUT2D eigenvalue weighted by atomic mass is 32.2. The van der Waals surface area contributed by atoms with Crippen LogP contribution in [0.3, 0.4) is 0 Å². The van der Waals surface area contributed by atoms with Crippen LogP contribution in [-0.4, -0.2) is 23.0 Å². The van der Waals surface area contributed by atoms with Crippen LogP contribution < -0.4 is 4.72 Å². The SMILES string of the molecule is Cc1cc(F)ccc1S(=O)(=O)Nc1ccc(-n2ccnc2)nc1. The van der Waals surface area contributed by atoms with Crippen molar-refractivity contribution in [3.05, 3.63) is 66.6 Å². The molecule has 2 heterocycles. The molecule has 0 radical (unpaired) electrons. The maximum Gasteiger partial charge on any atom is 0.262 e. The van der Waals surface area contributed by atoms with Crippen molar-refractivity contribution in [1.82, 2.24) is 14.5 Å². The lowest BCUT2D eigenvalue weighted by atomic mass is 10.2. The fourth-order valence-corrected chi connectivity index (χ4v) is 3.39. The number of aromatic nitrogens is 3. The molecule has 0 fully saturated rings. The van der Waals surface area contributed by atoms with Crippen molar-refractivity contribution in [1.29, 1.82) is 0 Å². The lowest BCUT2D eigenvalue weighted by Crippen LogP contribution is -2.14. The zero-order valence-electron chi connectivity index (χ0n) is 12.1.